The van der Waals surface area contributed by atoms with Crippen LogP contribution in [0.25, 0.3) is 0 Å². The highest BCUT2D eigenvalue weighted by Crippen LogP contribution is 2.12. The van der Waals surface area contributed by atoms with Gasteiger partial charge < -0.3 is 10.2 Å². The zero-order valence-corrected chi connectivity index (χ0v) is 12.2. The number of nitrogens with zero attached hydrogens (tertiary/aromatic N) is 1. The molecule has 1 fully saturated rings. The Morgan fingerprint density at radius 3 is 2.67 bits per heavy atom. The van der Waals surface area contributed by atoms with Crippen molar-refractivity contribution in [3.8, 4) is 0 Å². The van der Waals surface area contributed by atoms with E-state index in [1.807, 2.05) is 18.7 Å². The van der Waals surface area contributed by atoms with E-state index in [1.165, 1.54) is 18.6 Å². The average Bonchev–Trinajstić information content (AvgIpc) is 2.37. The van der Waals surface area contributed by atoms with Crippen LogP contribution in [0.15, 0.2) is 0 Å². The first-order valence-electron chi connectivity index (χ1n) is 6.76. The van der Waals surface area contributed by atoms with E-state index in [2.05, 4.69) is 11.6 Å². The fraction of sp³-hybridized carbons (Fsp3) is 0.846. The van der Waals surface area contributed by atoms with Gasteiger partial charge in [0.15, 0.2) is 0 Å². The van der Waals surface area contributed by atoms with Gasteiger partial charge in [0.25, 0.3) is 0 Å². The number of carbonyl (C=O) groups excluding carboxylic acids is 2. The lowest BCUT2D eigenvalue weighted by atomic mass is 10.1. The molecule has 1 aliphatic rings. The molecule has 18 heavy (non-hydrogen) atoms. The predicted octanol–water partition coefficient (Wildman–Crippen LogP) is 1.65. The van der Waals surface area contributed by atoms with Crippen molar-refractivity contribution in [2.45, 2.75) is 45.1 Å². The standard InChI is InChI=1S/C13H24N2O2S/c1-3-11-13(17)14-10-12(16)15(11)8-6-4-5-7-9-18-2/h11H,3-10H2,1-2H3,(H,14,17). The van der Waals surface area contributed by atoms with Crippen LogP contribution >= 0.6 is 11.8 Å². The smallest absolute Gasteiger partial charge is 0.243 e. The van der Waals surface area contributed by atoms with Gasteiger partial charge in [-0.15, -0.1) is 0 Å². The number of thioether (sulfide) groups is 1. The maximum Gasteiger partial charge on any atom is 0.243 e. The van der Waals surface area contributed by atoms with Gasteiger partial charge in [-0.25, -0.2) is 0 Å². The summed E-state index contributed by atoms with van der Waals surface area (Å²) in [6.45, 7) is 2.85. The summed E-state index contributed by atoms with van der Waals surface area (Å²) in [6, 6.07) is -0.252. The van der Waals surface area contributed by atoms with E-state index in [0.29, 0.717) is 6.42 Å². The first-order chi connectivity index (χ1) is 8.70. The summed E-state index contributed by atoms with van der Waals surface area (Å²) in [6.07, 6.45) is 7.42. The molecule has 0 spiro atoms. The number of unbranched alkanes of at least 4 members (excludes halogenated alkanes) is 3. The zero-order chi connectivity index (χ0) is 13.4. The van der Waals surface area contributed by atoms with E-state index in [1.54, 1.807) is 4.90 Å². The second-order valence-electron chi connectivity index (χ2n) is 4.64. The third-order valence-corrected chi connectivity index (χ3v) is 3.99. The van der Waals surface area contributed by atoms with Crippen LogP contribution in [0.1, 0.15) is 39.0 Å². The number of nitrogens with one attached hydrogen (secondary N) is 1. The number of hydrogen-bond donors (Lipinski definition) is 1. The van der Waals surface area contributed by atoms with E-state index in [9.17, 15) is 9.59 Å². The Labute approximate surface area is 114 Å². The summed E-state index contributed by atoms with van der Waals surface area (Å²) in [4.78, 5) is 25.2. The van der Waals surface area contributed by atoms with Crippen LogP contribution < -0.4 is 5.32 Å². The molecule has 1 atom stereocenters. The lowest BCUT2D eigenvalue weighted by Gasteiger charge is -2.34. The highest BCUT2D eigenvalue weighted by Gasteiger charge is 2.32. The first-order valence-corrected chi connectivity index (χ1v) is 8.16. The number of rotatable bonds is 8. The van der Waals surface area contributed by atoms with Crippen molar-refractivity contribution in [2.24, 2.45) is 0 Å². The Hall–Kier alpha value is -0.710. The monoisotopic (exact) mass is 272 g/mol. The topological polar surface area (TPSA) is 49.4 Å². The van der Waals surface area contributed by atoms with Gasteiger partial charge in [0.2, 0.25) is 11.8 Å². The molecule has 1 saturated heterocycles. The van der Waals surface area contributed by atoms with E-state index < -0.39 is 0 Å². The van der Waals surface area contributed by atoms with Crippen molar-refractivity contribution < 1.29 is 9.59 Å². The van der Waals surface area contributed by atoms with Crippen molar-refractivity contribution in [1.29, 1.82) is 0 Å². The minimum atomic E-state index is -0.252. The number of amides is 2. The summed E-state index contributed by atoms with van der Waals surface area (Å²) in [5.74, 6) is 1.27. The maximum atomic E-state index is 11.8. The summed E-state index contributed by atoms with van der Waals surface area (Å²) >= 11 is 1.87. The fourth-order valence-electron chi connectivity index (χ4n) is 2.27. The minimum Gasteiger partial charge on any atom is -0.345 e. The summed E-state index contributed by atoms with van der Waals surface area (Å²) in [5.41, 5.74) is 0. The SMILES string of the molecule is CCC1C(=O)NCC(=O)N1CCCCCCSC. The fourth-order valence-corrected chi connectivity index (χ4v) is 2.76. The van der Waals surface area contributed by atoms with Gasteiger partial charge >= 0.3 is 0 Å². The van der Waals surface area contributed by atoms with Crippen molar-refractivity contribution in [1.82, 2.24) is 10.2 Å². The molecule has 1 aliphatic heterocycles. The normalized spacial score (nSPS) is 20.1. The van der Waals surface area contributed by atoms with Crippen LogP contribution in [0.3, 0.4) is 0 Å². The van der Waals surface area contributed by atoms with Gasteiger partial charge in [0.1, 0.15) is 6.04 Å². The summed E-state index contributed by atoms with van der Waals surface area (Å²) in [5, 5.41) is 2.65. The molecule has 2 amide bonds. The van der Waals surface area contributed by atoms with Gasteiger partial charge in [0.05, 0.1) is 6.54 Å². The van der Waals surface area contributed by atoms with Gasteiger partial charge in [-0.2, -0.15) is 11.8 Å². The van der Waals surface area contributed by atoms with Crippen LogP contribution in [-0.2, 0) is 9.59 Å². The quantitative estimate of drug-likeness (QED) is 0.684. The van der Waals surface area contributed by atoms with Gasteiger partial charge in [-0.1, -0.05) is 19.8 Å². The molecule has 0 saturated carbocycles. The molecule has 0 bridgehead atoms. The first kappa shape index (κ1) is 15.3. The predicted molar refractivity (Wildman–Crippen MR) is 75.7 cm³/mol. The Kier molecular flexibility index (Phi) is 7.16. The largest absolute Gasteiger partial charge is 0.345 e. The van der Waals surface area contributed by atoms with Crippen LogP contribution in [0.2, 0.25) is 0 Å². The second kappa shape index (κ2) is 8.40. The highest BCUT2D eigenvalue weighted by molar-refractivity contribution is 7.98. The summed E-state index contributed by atoms with van der Waals surface area (Å²) in [7, 11) is 0. The Morgan fingerprint density at radius 2 is 2.00 bits per heavy atom. The molecule has 0 aromatic rings. The van der Waals surface area contributed by atoms with E-state index in [4.69, 9.17) is 0 Å². The van der Waals surface area contributed by atoms with E-state index in [-0.39, 0.29) is 24.4 Å². The van der Waals surface area contributed by atoms with Crippen LogP contribution in [-0.4, -0.2) is 47.9 Å². The molecule has 104 valence electrons. The lowest BCUT2D eigenvalue weighted by molar-refractivity contribution is -0.145. The second-order valence-corrected chi connectivity index (χ2v) is 5.62. The summed E-state index contributed by atoms with van der Waals surface area (Å²) < 4.78 is 0. The van der Waals surface area contributed by atoms with Crippen LogP contribution in [0.5, 0.6) is 0 Å². The van der Waals surface area contributed by atoms with Crippen LogP contribution in [0.4, 0.5) is 0 Å². The van der Waals surface area contributed by atoms with Crippen molar-refractivity contribution >= 4 is 23.6 Å². The molecule has 1 rings (SSSR count). The number of carbonyl (C=O) groups is 2. The minimum absolute atomic E-state index is 0.000479. The highest BCUT2D eigenvalue weighted by atomic mass is 32.2. The molecular weight excluding hydrogens is 248 g/mol. The Balaban J connectivity index is 2.29. The maximum absolute atomic E-state index is 11.8. The molecule has 0 aliphatic carbocycles. The Morgan fingerprint density at radius 1 is 1.28 bits per heavy atom. The van der Waals surface area contributed by atoms with Crippen molar-refractivity contribution in [2.75, 3.05) is 25.1 Å². The molecule has 0 aromatic heterocycles. The molecule has 1 N–H and O–H groups in total. The third-order valence-electron chi connectivity index (χ3n) is 3.30. The third kappa shape index (κ3) is 4.52. The zero-order valence-electron chi connectivity index (χ0n) is 11.4. The lowest BCUT2D eigenvalue weighted by Crippen LogP contribution is -2.58. The van der Waals surface area contributed by atoms with E-state index >= 15 is 0 Å². The van der Waals surface area contributed by atoms with Gasteiger partial charge in [0, 0.05) is 6.54 Å². The molecular formula is C13H24N2O2S. The number of piperazine rings is 1. The molecule has 1 unspecified atom stereocenters. The molecule has 0 radical (unpaired) electrons. The Bertz CT molecular complexity index is 284. The molecule has 1 heterocycles. The van der Waals surface area contributed by atoms with E-state index in [0.717, 1.165) is 19.4 Å². The van der Waals surface area contributed by atoms with Crippen LogP contribution in [0, 0.1) is 0 Å². The molecule has 5 heteroatoms. The molecule has 4 nitrogen and oxygen atoms in total. The number of hydrogen-bond acceptors (Lipinski definition) is 3. The van der Waals surface area contributed by atoms with Gasteiger partial charge in [-0.3, -0.25) is 9.59 Å². The van der Waals surface area contributed by atoms with Gasteiger partial charge in [-0.05, 0) is 31.3 Å². The van der Waals surface area contributed by atoms with Crippen molar-refractivity contribution in [3.05, 3.63) is 0 Å². The van der Waals surface area contributed by atoms with Crippen molar-refractivity contribution in [3.63, 3.8) is 0 Å². The molecule has 0 aromatic carbocycles. The average molecular weight is 272 g/mol.